The van der Waals surface area contributed by atoms with E-state index in [-0.39, 0.29) is 11.3 Å². The van der Waals surface area contributed by atoms with E-state index < -0.39 is 29.0 Å². The molecule has 7 heteroatoms. The molecule has 2 aromatic rings. The highest BCUT2D eigenvalue weighted by molar-refractivity contribution is 5.86. The minimum atomic E-state index is -1.38. The van der Waals surface area contributed by atoms with Crippen LogP contribution in [-0.2, 0) is 0 Å². The van der Waals surface area contributed by atoms with Crippen LogP contribution in [0, 0.1) is 11.6 Å². The number of H-pyrrole nitrogens is 1. The molecule has 0 saturated carbocycles. The zero-order valence-corrected chi connectivity index (χ0v) is 8.78. The summed E-state index contributed by atoms with van der Waals surface area (Å²) in [5.74, 6) is -3.08. The predicted octanol–water partition coefficient (Wildman–Crippen LogP) is 1.41. The SMILES string of the molecule is O=C(O)c1cc(-c2ccc(F)cc2F)nc(=O)[nH]1. The quantitative estimate of drug-likeness (QED) is 0.846. The highest BCUT2D eigenvalue weighted by atomic mass is 19.1. The Bertz CT molecular complexity index is 682. The van der Waals surface area contributed by atoms with Gasteiger partial charge in [-0.15, -0.1) is 0 Å². The van der Waals surface area contributed by atoms with Crippen LogP contribution in [0.3, 0.4) is 0 Å². The Morgan fingerprint density at radius 1 is 1.28 bits per heavy atom. The zero-order valence-electron chi connectivity index (χ0n) is 8.78. The molecule has 0 bridgehead atoms. The number of aromatic amines is 1. The molecule has 0 atom stereocenters. The molecule has 0 fully saturated rings. The van der Waals surface area contributed by atoms with Gasteiger partial charge >= 0.3 is 11.7 Å². The lowest BCUT2D eigenvalue weighted by molar-refractivity contribution is 0.0690. The molecule has 0 amide bonds. The van der Waals surface area contributed by atoms with Crippen molar-refractivity contribution in [2.75, 3.05) is 0 Å². The summed E-state index contributed by atoms with van der Waals surface area (Å²) < 4.78 is 26.2. The topological polar surface area (TPSA) is 83.0 Å². The Morgan fingerprint density at radius 3 is 2.61 bits per heavy atom. The number of rotatable bonds is 2. The fourth-order valence-corrected chi connectivity index (χ4v) is 1.41. The number of carbonyl (C=O) groups is 1. The number of carboxylic acids is 1. The van der Waals surface area contributed by atoms with Crippen molar-refractivity contribution in [2.24, 2.45) is 0 Å². The zero-order chi connectivity index (χ0) is 13.3. The van der Waals surface area contributed by atoms with Gasteiger partial charge in [0.25, 0.3) is 0 Å². The lowest BCUT2D eigenvalue weighted by Crippen LogP contribution is -2.16. The molecular formula is C11H6F2N2O3. The molecule has 2 rings (SSSR count). The second-order valence-corrected chi connectivity index (χ2v) is 3.41. The molecule has 1 aromatic carbocycles. The molecular weight excluding hydrogens is 246 g/mol. The third-order valence-electron chi connectivity index (χ3n) is 2.18. The normalized spacial score (nSPS) is 10.3. The first-order chi connectivity index (χ1) is 8.47. The van der Waals surface area contributed by atoms with Crippen LogP contribution in [0.25, 0.3) is 11.3 Å². The van der Waals surface area contributed by atoms with E-state index in [4.69, 9.17) is 5.11 Å². The monoisotopic (exact) mass is 252 g/mol. The summed E-state index contributed by atoms with van der Waals surface area (Å²) in [5.41, 5.74) is -1.67. The Hall–Kier alpha value is -2.57. The van der Waals surface area contributed by atoms with Crippen molar-refractivity contribution >= 4 is 5.97 Å². The molecule has 5 nitrogen and oxygen atoms in total. The molecule has 2 N–H and O–H groups in total. The van der Waals surface area contributed by atoms with Crippen molar-refractivity contribution < 1.29 is 18.7 Å². The summed E-state index contributed by atoms with van der Waals surface area (Å²) >= 11 is 0. The smallest absolute Gasteiger partial charge is 0.352 e. The van der Waals surface area contributed by atoms with Crippen LogP contribution in [0.15, 0.2) is 29.1 Å². The second-order valence-electron chi connectivity index (χ2n) is 3.41. The van der Waals surface area contributed by atoms with Gasteiger partial charge in [0, 0.05) is 11.6 Å². The van der Waals surface area contributed by atoms with E-state index in [1.807, 2.05) is 4.98 Å². The third kappa shape index (κ3) is 2.24. The predicted molar refractivity (Wildman–Crippen MR) is 57.2 cm³/mol. The Kier molecular flexibility index (Phi) is 2.88. The molecule has 0 spiro atoms. The fraction of sp³-hybridized carbons (Fsp3) is 0. The van der Waals surface area contributed by atoms with Crippen LogP contribution < -0.4 is 5.69 Å². The minimum Gasteiger partial charge on any atom is -0.477 e. The number of nitrogens with one attached hydrogen (secondary N) is 1. The van der Waals surface area contributed by atoms with Crippen molar-refractivity contribution in [1.82, 2.24) is 9.97 Å². The van der Waals surface area contributed by atoms with E-state index in [2.05, 4.69) is 4.98 Å². The summed E-state index contributed by atoms with van der Waals surface area (Å²) in [4.78, 5) is 27.3. The van der Waals surface area contributed by atoms with Crippen molar-refractivity contribution in [3.8, 4) is 11.3 Å². The summed E-state index contributed by atoms with van der Waals surface area (Å²) in [6.45, 7) is 0. The molecule has 0 unspecified atom stereocenters. The molecule has 0 aliphatic carbocycles. The summed E-state index contributed by atoms with van der Waals surface area (Å²) in [6, 6.07) is 3.69. The van der Waals surface area contributed by atoms with Gasteiger partial charge in [-0.05, 0) is 18.2 Å². The van der Waals surface area contributed by atoms with Gasteiger partial charge in [-0.3, -0.25) is 4.98 Å². The van der Waals surface area contributed by atoms with E-state index in [0.717, 1.165) is 18.2 Å². The van der Waals surface area contributed by atoms with Crippen LogP contribution in [0.2, 0.25) is 0 Å². The molecule has 0 aliphatic rings. The first kappa shape index (κ1) is 11.9. The first-order valence-corrected chi connectivity index (χ1v) is 4.77. The van der Waals surface area contributed by atoms with E-state index >= 15 is 0 Å². The Balaban J connectivity index is 2.64. The second kappa shape index (κ2) is 4.36. The number of hydrogen-bond acceptors (Lipinski definition) is 3. The van der Waals surface area contributed by atoms with Gasteiger partial charge in [0.15, 0.2) is 0 Å². The number of nitrogens with zero attached hydrogens (tertiary/aromatic N) is 1. The number of aromatic nitrogens is 2. The molecule has 1 aromatic heterocycles. The molecule has 18 heavy (non-hydrogen) atoms. The molecule has 0 aliphatic heterocycles. The van der Waals surface area contributed by atoms with Gasteiger partial charge in [0.1, 0.15) is 17.3 Å². The lowest BCUT2D eigenvalue weighted by atomic mass is 10.1. The summed E-state index contributed by atoms with van der Waals surface area (Å²) in [5, 5.41) is 8.74. The van der Waals surface area contributed by atoms with Crippen LogP contribution in [0.4, 0.5) is 8.78 Å². The van der Waals surface area contributed by atoms with Crippen LogP contribution in [0.5, 0.6) is 0 Å². The van der Waals surface area contributed by atoms with Gasteiger partial charge in [-0.1, -0.05) is 0 Å². The standard InChI is InChI=1S/C11H6F2N2O3/c12-5-1-2-6(7(13)3-5)8-4-9(10(16)17)15-11(18)14-8/h1-4H,(H,16,17)(H,14,15,18). The van der Waals surface area contributed by atoms with Crippen LogP contribution in [0.1, 0.15) is 10.5 Å². The van der Waals surface area contributed by atoms with Crippen molar-refractivity contribution in [1.29, 1.82) is 0 Å². The average Bonchev–Trinajstić information content (AvgIpc) is 2.27. The Morgan fingerprint density at radius 2 is 2.00 bits per heavy atom. The maximum atomic E-state index is 13.5. The number of benzene rings is 1. The molecule has 92 valence electrons. The minimum absolute atomic E-state index is 0.148. The fourth-order valence-electron chi connectivity index (χ4n) is 1.41. The third-order valence-corrected chi connectivity index (χ3v) is 2.18. The molecule has 1 heterocycles. The van der Waals surface area contributed by atoms with E-state index in [1.165, 1.54) is 0 Å². The van der Waals surface area contributed by atoms with E-state index in [9.17, 15) is 18.4 Å². The maximum Gasteiger partial charge on any atom is 0.352 e. The van der Waals surface area contributed by atoms with Gasteiger partial charge in [-0.2, -0.15) is 4.98 Å². The number of aromatic carboxylic acids is 1. The number of carboxylic acid groups (broad SMARTS) is 1. The van der Waals surface area contributed by atoms with Gasteiger partial charge in [0.05, 0.1) is 5.69 Å². The lowest BCUT2D eigenvalue weighted by Gasteiger charge is -2.03. The average molecular weight is 252 g/mol. The highest BCUT2D eigenvalue weighted by Crippen LogP contribution is 2.20. The molecule has 0 radical (unpaired) electrons. The Labute approximate surface area is 98.7 Å². The van der Waals surface area contributed by atoms with Gasteiger partial charge in [-0.25, -0.2) is 18.4 Å². The maximum absolute atomic E-state index is 13.5. The van der Waals surface area contributed by atoms with Crippen molar-refractivity contribution in [3.63, 3.8) is 0 Å². The van der Waals surface area contributed by atoms with Crippen LogP contribution in [-0.4, -0.2) is 21.0 Å². The van der Waals surface area contributed by atoms with Crippen LogP contribution >= 0.6 is 0 Å². The van der Waals surface area contributed by atoms with E-state index in [1.54, 1.807) is 0 Å². The number of hydrogen-bond donors (Lipinski definition) is 2. The van der Waals surface area contributed by atoms with Crippen molar-refractivity contribution in [2.45, 2.75) is 0 Å². The molecule has 0 saturated heterocycles. The number of halogens is 2. The van der Waals surface area contributed by atoms with Gasteiger partial charge < -0.3 is 5.11 Å². The first-order valence-electron chi connectivity index (χ1n) is 4.77. The summed E-state index contributed by atoms with van der Waals surface area (Å²) in [6.07, 6.45) is 0. The highest BCUT2D eigenvalue weighted by Gasteiger charge is 2.12. The summed E-state index contributed by atoms with van der Waals surface area (Å²) in [7, 11) is 0. The van der Waals surface area contributed by atoms with Crippen molar-refractivity contribution in [3.05, 3.63) is 52.1 Å². The van der Waals surface area contributed by atoms with Gasteiger partial charge in [0.2, 0.25) is 0 Å². The largest absolute Gasteiger partial charge is 0.477 e. The van der Waals surface area contributed by atoms with E-state index in [0.29, 0.717) is 6.07 Å².